The van der Waals surface area contributed by atoms with E-state index in [9.17, 15) is 4.79 Å². The highest BCUT2D eigenvalue weighted by molar-refractivity contribution is 9.10. The number of hydrogen-bond donors (Lipinski definition) is 1. The number of hydrogen-bond acceptors (Lipinski definition) is 3. The number of ether oxygens (including phenoxy) is 1. The molecule has 0 aliphatic heterocycles. The van der Waals surface area contributed by atoms with Crippen molar-refractivity contribution in [3.8, 4) is 11.8 Å². The standard InChI is InChI=1S/C16H12BrClN2O2/c1-10(16(21)20-13-5-3-12(17)4-6-13)22-15-7-2-11(9-19)8-14(15)18/h2-8,10H,1H3,(H,20,21)/t10-/m1/s1. The van der Waals surface area contributed by atoms with Crippen molar-refractivity contribution >= 4 is 39.1 Å². The molecule has 0 aliphatic rings. The molecule has 0 unspecified atom stereocenters. The Morgan fingerprint density at radius 3 is 2.59 bits per heavy atom. The molecule has 0 saturated heterocycles. The van der Waals surface area contributed by atoms with Crippen LogP contribution < -0.4 is 10.1 Å². The molecule has 2 aromatic carbocycles. The summed E-state index contributed by atoms with van der Waals surface area (Å²) in [7, 11) is 0. The van der Waals surface area contributed by atoms with E-state index in [0.717, 1.165) is 4.47 Å². The van der Waals surface area contributed by atoms with Gasteiger partial charge in [-0.3, -0.25) is 4.79 Å². The van der Waals surface area contributed by atoms with Crippen LogP contribution in [-0.4, -0.2) is 12.0 Å². The first-order valence-electron chi connectivity index (χ1n) is 6.42. The lowest BCUT2D eigenvalue weighted by atomic mass is 10.2. The number of carbonyl (C=O) groups is 1. The lowest BCUT2D eigenvalue weighted by Gasteiger charge is -2.15. The number of nitrogens with one attached hydrogen (secondary N) is 1. The van der Waals surface area contributed by atoms with Gasteiger partial charge < -0.3 is 10.1 Å². The van der Waals surface area contributed by atoms with Crippen molar-refractivity contribution in [2.45, 2.75) is 13.0 Å². The van der Waals surface area contributed by atoms with E-state index in [-0.39, 0.29) is 5.91 Å². The number of carbonyl (C=O) groups excluding carboxylic acids is 1. The van der Waals surface area contributed by atoms with Crippen LogP contribution in [-0.2, 0) is 4.79 Å². The van der Waals surface area contributed by atoms with E-state index in [2.05, 4.69) is 21.2 Å². The molecule has 0 radical (unpaired) electrons. The molecule has 0 bridgehead atoms. The van der Waals surface area contributed by atoms with Crippen LogP contribution in [0.3, 0.4) is 0 Å². The lowest BCUT2D eigenvalue weighted by Crippen LogP contribution is -2.30. The summed E-state index contributed by atoms with van der Waals surface area (Å²) in [6.45, 7) is 1.63. The number of rotatable bonds is 4. The first-order chi connectivity index (χ1) is 10.5. The fourth-order valence-corrected chi connectivity index (χ4v) is 2.18. The smallest absolute Gasteiger partial charge is 0.265 e. The third-order valence-corrected chi connectivity index (χ3v) is 3.67. The third-order valence-electron chi connectivity index (χ3n) is 2.85. The average Bonchev–Trinajstić information content (AvgIpc) is 2.51. The summed E-state index contributed by atoms with van der Waals surface area (Å²) in [5, 5.41) is 11.8. The van der Waals surface area contributed by atoms with Gasteiger partial charge in [-0.1, -0.05) is 27.5 Å². The van der Waals surface area contributed by atoms with Gasteiger partial charge >= 0.3 is 0 Å². The van der Waals surface area contributed by atoms with Crippen molar-refractivity contribution in [2.24, 2.45) is 0 Å². The Kier molecular flexibility index (Phi) is 5.42. The van der Waals surface area contributed by atoms with E-state index in [4.69, 9.17) is 21.6 Å². The molecule has 2 aromatic rings. The normalized spacial score (nSPS) is 11.4. The Morgan fingerprint density at radius 2 is 2.00 bits per heavy atom. The summed E-state index contributed by atoms with van der Waals surface area (Å²) in [4.78, 5) is 12.1. The van der Waals surface area contributed by atoms with Gasteiger partial charge in [0.2, 0.25) is 0 Å². The quantitative estimate of drug-likeness (QED) is 0.857. The van der Waals surface area contributed by atoms with Crippen LogP contribution in [0.1, 0.15) is 12.5 Å². The molecule has 1 N–H and O–H groups in total. The minimum absolute atomic E-state index is 0.289. The number of nitrogens with zero attached hydrogens (tertiary/aromatic N) is 1. The fourth-order valence-electron chi connectivity index (χ4n) is 1.69. The zero-order chi connectivity index (χ0) is 16.1. The second-order valence-corrected chi connectivity index (χ2v) is 5.84. The second kappa shape index (κ2) is 7.30. The molecule has 6 heteroatoms. The SMILES string of the molecule is C[C@@H](Oc1ccc(C#N)cc1Cl)C(=O)Nc1ccc(Br)cc1. The summed E-state index contributed by atoms with van der Waals surface area (Å²) in [6, 6.07) is 13.9. The van der Waals surface area contributed by atoms with Gasteiger partial charge in [-0.2, -0.15) is 5.26 Å². The molecule has 0 aromatic heterocycles. The van der Waals surface area contributed by atoms with Gasteiger partial charge in [-0.05, 0) is 49.4 Å². The van der Waals surface area contributed by atoms with Gasteiger partial charge in [-0.25, -0.2) is 0 Å². The maximum Gasteiger partial charge on any atom is 0.265 e. The molecule has 1 amide bonds. The Bertz CT molecular complexity index is 726. The summed E-state index contributed by atoms with van der Waals surface area (Å²) in [6.07, 6.45) is -0.728. The molecule has 2 rings (SSSR count). The van der Waals surface area contributed by atoms with E-state index in [0.29, 0.717) is 22.0 Å². The second-order valence-electron chi connectivity index (χ2n) is 4.51. The molecule has 0 heterocycles. The van der Waals surface area contributed by atoms with Crippen molar-refractivity contribution in [1.82, 2.24) is 0 Å². The zero-order valence-electron chi connectivity index (χ0n) is 11.6. The van der Waals surface area contributed by atoms with Crippen molar-refractivity contribution in [1.29, 1.82) is 5.26 Å². The highest BCUT2D eigenvalue weighted by atomic mass is 79.9. The highest BCUT2D eigenvalue weighted by Crippen LogP contribution is 2.26. The molecule has 0 fully saturated rings. The molecule has 22 heavy (non-hydrogen) atoms. The Hall–Kier alpha value is -2.03. The van der Waals surface area contributed by atoms with Crippen LogP contribution in [0.2, 0.25) is 5.02 Å². The molecule has 0 aliphatic carbocycles. The van der Waals surface area contributed by atoms with Gasteiger partial charge in [-0.15, -0.1) is 0 Å². The Labute approximate surface area is 141 Å². The molecule has 0 saturated carbocycles. The molecular weight excluding hydrogens is 368 g/mol. The largest absolute Gasteiger partial charge is 0.479 e. The summed E-state index contributed by atoms with van der Waals surface area (Å²) in [5.74, 6) is 0.0712. The van der Waals surface area contributed by atoms with Crippen molar-refractivity contribution < 1.29 is 9.53 Å². The van der Waals surface area contributed by atoms with Crippen LogP contribution in [0.25, 0.3) is 0 Å². The first kappa shape index (κ1) is 16.3. The van der Waals surface area contributed by atoms with Gasteiger partial charge in [0.15, 0.2) is 6.10 Å². The highest BCUT2D eigenvalue weighted by Gasteiger charge is 2.16. The van der Waals surface area contributed by atoms with Gasteiger partial charge in [0.1, 0.15) is 5.75 Å². The zero-order valence-corrected chi connectivity index (χ0v) is 14.0. The van der Waals surface area contributed by atoms with E-state index < -0.39 is 6.10 Å². The number of amides is 1. The summed E-state index contributed by atoms with van der Waals surface area (Å²) < 4.78 is 6.47. The minimum atomic E-state index is -0.728. The van der Waals surface area contributed by atoms with E-state index in [1.165, 1.54) is 6.07 Å². The fraction of sp³-hybridized carbons (Fsp3) is 0.125. The van der Waals surface area contributed by atoms with Crippen molar-refractivity contribution in [3.05, 3.63) is 57.5 Å². The number of nitriles is 1. The monoisotopic (exact) mass is 378 g/mol. The summed E-state index contributed by atoms with van der Waals surface area (Å²) >= 11 is 9.35. The molecular formula is C16H12BrClN2O2. The lowest BCUT2D eigenvalue weighted by molar-refractivity contribution is -0.122. The molecule has 4 nitrogen and oxygen atoms in total. The van der Waals surface area contributed by atoms with Crippen LogP contribution in [0.5, 0.6) is 5.75 Å². The third kappa shape index (κ3) is 4.23. The first-order valence-corrected chi connectivity index (χ1v) is 7.59. The van der Waals surface area contributed by atoms with Crippen LogP contribution in [0, 0.1) is 11.3 Å². The van der Waals surface area contributed by atoms with Crippen molar-refractivity contribution in [3.63, 3.8) is 0 Å². The van der Waals surface area contributed by atoms with Gasteiger partial charge in [0, 0.05) is 10.2 Å². The number of halogens is 2. The Balaban J connectivity index is 2.02. The van der Waals surface area contributed by atoms with Gasteiger partial charge in [0.05, 0.1) is 16.7 Å². The van der Waals surface area contributed by atoms with Crippen LogP contribution in [0.4, 0.5) is 5.69 Å². The predicted molar refractivity (Wildman–Crippen MR) is 89.0 cm³/mol. The van der Waals surface area contributed by atoms with Gasteiger partial charge in [0.25, 0.3) is 5.91 Å². The van der Waals surface area contributed by atoms with E-state index in [1.807, 2.05) is 18.2 Å². The topological polar surface area (TPSA) is 62.1 Å². The van der Waals surface area contributed by atoms with E-state index in [1.54, 1.807) is 31.2 Å². The van der Waals surface area contributed by atoms with Crippen LogP contribution >= 0.6 is 27.5 Å². The molecule has 0 spiro atoms. The predicted octanol–water partition coefficient (Wildman–Crippen LogP) is 4.38. The summed E-state index contributed by atoms with van der Waals surface area (Å²) in [5.41, 5.74) is 1.11. The Morgan fingerprint density at radius 1 is 1.32 bits per heavy atom. The van der Waals surface area contributed by atoms with Crippen LogP contribution in [0.15, 0.2) is 46.9 Å². The minimum Gasteiger partial charge on any atom is -0.479 e. The van der Waals surface area contributed by atoms with E-state index >= 15 is 0 Å². The maximum absolute atomic E-state index is 12.1. The molecule has 1 atom stereocenters. The van der Waals surface area contributed by atoms with Crippen molar-refractivity contribution in [2.75, 3.05) is 5.32 Å². The number of anilines is 1. The molecule has 112 valence electrons. The average molecular weight is 380 g/mol. The maximum atomic E-state index is 12.1. The number of benzene rings is 2.